The number of amides is 1. The van der Waals surface area contributed by atoms with Crippen molar-refractivity contribution in [1.29, 1.82) is 0 Å². The number of carbonyl (C=O) groups is 1. The zero-order valence-electron chi connectivity index (χ0n) is 18.5. The van der Waals surface area contributed by atoms with E-state index in [1.54, 1.807) is 4.57 Å². The summed E-state index contributed by atoms with van der Waals surface area (Å²) >= 11 is 1.34. The fourth-order valence-electron chi connectivity index (χ4n) is 4.61. The molecule has 1 aliphatic rings. The summed E-state index contributed by atoms with van der Waals surface area (Å²) in [7, 11) is 0. The van der Waals surface area contributed by atoms with Crippen LogP contribution >= 0.6 is 11.8 Å². The van der Waals surface area contributed by atoms with Gasteiger partial charge in [0.1, 0.15) is 0 Å². The van der Waals surface area contributed by atoms with Gasteiger partial charge in [-0.25, -0.2) is 4.57 Å². The molecule has 168 valence electrons. The Hall–Kier alpha value is -3.91. The summed E-state index contributed by atoms with van der Waals surface area (Å²) in [6.45, 7) is 2.65. The molecular formula is C26H21N5O2S. The number of benzene rings is 3. The molecule has 0 unspecified atom stereocenters. The number of hydrogen-bond acceptors (Lipinski definition) is 5. The SMILES string of the molecule is Cc1ccccc1-n1c(=O)c2ccccc2n2c(SCC(=O)N3CCc4ccccc43)nnc12. The number of thioether (sulfide) groups is 1. The fourth-order valence-corrected chi connectivity index (χ4v) is 5.42. The first-order chi connectivity index (χ1) is 16.6. The maximum Gasteiger partial charge on any atom is 0.267 e. The largest absolute Gasteiger partial charge is 0.311 e. The molecule has 3 aromatic carbocycles. The molecule has 2 aromatic heterocycles. The van der Waals surface area contributed by atoms with E-state index in [0.717, 1.165) is 28.9 Å². The average Bonchev–Trinajstić information content (AvgIpc) is 3.48. The second-order valence-electron chi connectivity index (χ2n) is 8.27. The van der Waals surface area contributed by atoms with Crippen molar-refractivity contribution >= 4 is 40.0 Å². The van der Waals surface area contributed by atoms with Gasteiger partial charge in [0.05, 0.1) is 22.3 Å². The highest BCUT2D eigenvalue weighted by atomic mass is 32.2. The van der Waals surface area contributed by atoms with Gasteiger partial charge < -0.3 is 4.90 Å². The molecule has 0 spiro atoms. The standard InChI is InChI=1S/C26H21N5O2S/c1-17-8-2-5-11-20(17)30-24(33)19-10-4-7-13-22(19)31-25(30)27-28-26(31)34-16-23(32)29-15-14-18-9-3-6-12-21(18)29/h2-13H,14-16H2,1H3. The zero-order chi connectivity index (χ0) is 23.2. The molecule has 1 aliphatic heterocycles. The van der Waals surface area contributed by atoms with Gasteiger partial charge >= 0.3 is 0 Å². The number of fused-ring (bicyclic) bond motifs is 4. The molecule has 0 aliphatic carbocycles. The van der Waals surface area contributed by atoms with Crippen molar-refractivity contribution in [2.45, 2.75) is 18.5 Å². The third kappa shape index (κ3) is 3.21. The number of carbonyl (C=O) groups excluding carboxylic acids is 1. The predicted octanol–water partition coefficient (Wildman–Crippen LogP) is 4.02. The summed E-state index contributed by atoms with van der Waals surface area (Å²) in [5.74, 6) is 0.690. The van der Waals surface area contributed by atoms with Crippen molar-refractivity contribution in [3.8, 4) is 5.69 Å². The lowest BCUT2D eigenvalue weighted by molar-refractivity contribution is -0.116. The predicted molar refractivity (Wildman–Crippen MR) is 134 cm³/mol. The van der Waals surface area contributed by atoms with Crippen LogP contribution in [0.2, 0.25) is 0 Å². The van der Waals surface area contributed by atoms with Gasteiger partial charge in [-0.2, -0.15) is 0 Å². The van der Waals surface area contributed by atoms with Crippen LogP contribution in [0.15, 0.2) is 82.7 Å². The second-order valence-corrected chi connectivity index (χ2v) is 9.22. The smallest absolute Gasteiger partial charge is 0.267 e. The molecule has 0 N–H and O–H groups in total. The number of nitrogens with zero attached hydrogens (tertiary/aromatic N) is 5. The Morgan fingerprint density at radius 3 is 2.53 bits per heavy atom. The van der Waals surface area contributed by atoms with Crippen molar-refractivity contribution in [2.24, 2.45) is 0 Å². The molecule has 34 heavy (non-hydrogen) atoms. The molecule has 1 amide bonds. The number of aryl methyl sites for hydroxylation is 1. The van der Waals surface area contributed by atoms with E-state index in [9.17, 15) is 9.59 Å². The summed E-state index contributed by atoms with van der Waals surface area (Å²) in [6, 6.07) is 23.2. The molecule has 6 rings (SSSR count). The maximum absolute atomic E-state index is 13.5. The molecule has 0 radical (unpaired) electrons. The molecule has 3 heterocycles. The van der Waals surface area contributed by atoms with Crippen LogP contribution < -0.4 is 10.5 Å². The van der Waals surface area contributed by atoms with E-state index >= 15 is 0 Å². The first-order valence-corrected chi connectivity index (χ1v) is 12.1. The monoisotopic (exact) mass is 467 g/mol. The first kappa shape index (κ1) is 20.7. The fraction of sp³-hybridized carbons (Fsp3) is 0.154. The Balaban J connectivity index is 1.43. The lowest BCUT2D eigenvalue weighted by Gasteiger charge is -2.17. The van der Waals surface area contributed by atoms with Crippen LogP contribution in [0.3, 0.4) is 0 Å². The van der Waals surface area contributed by atoms with Crippen LogP contribution in [0.25, 0.3) is 22.4 Å². The maximum atomic E-state index is 13.5. The molecule has 7 nitrogen and oxygen atoms in total. The first-order valence-electron chi connectivity index (χ1n) is 11.1. The van der Waals surface area contributed by atoms with Gasteiger partial charge in [-0.15, -0.1) is 10.2 Å². The minimum atomic E-state index is -0.147. The topological polar surface area (TPSA) is 72.5 Å². The van der Waals surface area contributed by atoms with Gasteiger partial charge in [0.15, 0.2) is 5.16 Å². The van der Waals surface area contributed by atoms with Crippen LogP contribution in [-0.4, -0.2) is 37.4 Å². The lowest BCUT2D eigenvalue weighted by atomic mass is 10.2. The normalized spacial score (nSPS) is 13.0. The Morgan fingerprint density at radius 2 is 1.68 bits per heavy atom. The molecule has 0 saturated carbocycles. The van der Waals surface area contributed by atoms with Gasteiger partial charge in [0.25, 0.3) is 5.56 Å². The van der Waals surface area contributed by atoms with Crippen LogP contribution in [0.5, 0.6) is 0 Å². The van der Waals surface area contributed by atoms with E-state index in [1.165, 1.54) is 17.3 Å². The van der Waals surface area contributed by atoms with Crippen molar-refractivity contribution in [2.75, 3.05) is 17.2 Å². The molecular weight excluding hydrogens is 446 g/mol. The third-order valence-corrected chi connectivity index (χ3v) is 7.18. The van der Waals surface area contributed by atoms with E-state index in [4.69, 9.17) is 0 Å². The van der Waals surface area contributed by atoms with Gasteiger partial charge in [-0.05, 0) is 48.7 Å². The Bertz CT molecular complexity index is 1640. The highest BCUT2D eigenvalue weighted by molar-refractivity contribution is 7.99. The van der Waals surface area contributed by atoms with Gasteiger partial charge in [-0.1, -0.05) is 60.3 Å². The average molecular weight is 468 g/mol. The number of anilines is 1. The van der Waals surface area contributed by atoms with Gasteiger partial charge in [-0.3, -0.25) is 14.0 Å². The van der Waals surface area contributed by atoms with Crippen LogP contribution in [0, 0.1) is 6.92 Å². The summed E-state index contributed by atoms with van der Waals surface area (Å²) < 4.78 is 3.48. The third-order valence-electron chi connectivity index (χ3n) is 6.26. The number of rotatable bonds is 4. The van der Waals surface area contributed by atoms with Gasteiger partial charge in [0, 0.05) is 12.2 Å². The van der Waals surface area contributed by atoms with Crippen molar-refractivity contribution in [1.82, 2.24) is 19.2 Å². The Labute approximate surface area is 199 Å². The summed E-state index contributed by atoms with van der Waals surface area (Å²) in [4.78, 5) is 28.4. The summed E-state index contributed by atoms with van der Waals surface area (Å²) in [5.41, 5.74) is 4.48. The zero-order valence-corrected chi connectivity index (χ0v) is 19.3. The Morgan fingerprint density at radius 1 is 0.941 bits per heavy atom. The van der Waals surface area contributed by atoms with Crippen LogP contribution in [0.4, 0.5) is 5.69 Å². The summed E-state index contributed by atoms with van der Waals surface area (Å²) in [6.07, 6.45) is 0.869. The quantitative estimate of drug-likeness (QED) is 0.373. The van der Waals surface area contributed by atoms with Crippen molar-refractivity contribution in [3.05, 3.63) is 94.3 Å². The number of para-hydroxylation sites is 3. The van der Waals surface area contributed by atoms with Crippen molar-refractivity contribution < 1.29 is 4.79 Å². The lowest BCUT2D eigenvalue weighted by Crippen LogP contribution is -2.30. The molecule has 0 fully saturated rings. The summed E-state index contributed by atoms with van der Waals surface area (Å²) in [5, 5.41) is 9.93. The van der Waals surface area contributed by atoms with Crippen LogP contribution in [0.1, 0.15) is 11.1 Å². The van der Waals surface area contributed by atoms with E-state index in [1.807, 2.05) is 83.0 Å². The molecule has 0 bridgehead atoms. The van der Waals surface area contributed by atoms with E-state index in [-0.39, 0.29) is 17.2 Å². The molecule has 5 aromatic rings. The minimum absolute atomic E-state index is 0.0308. The van der Waals surface area contributed by atoms with E-state index in [2.05, 4.69) is 16.3 Å². The number of hydrogen-bond donors (Lipinski definition) is 0. The van der Waals surface area contributed by atoms with E-state index in [0.29, 0.717) is 22.9 Å². The second kappa shape index (κ2) is 8.14. The Kier molecular flexibility index (Phi) is 4.95. The highest BCUT2D eigenvalue weighted by Crippen LogP contribution is 2.29. The number of aromatic nitrogens is 4. The van der Waals surface area contributed by atoms with E-state index < -0.39 is 0 Å². The van der Waals surface area contributed by atoms with Crippen LogP contribution in [-0.2, 0) is 11.2 Å². The van der Waals surface area contributed by atoms with Gasteiger partial charge in [0.2, 0.25) is 11.7 Å². The highest BCUT2D eigenvalue weighted by Gasteiger charge is 2.25. The molecule has 0 atom stereocenters. The minimum Gasteiger partial charge on any atom is -0.311 e. The molecule has 0 saturated heterocycles. The molecule has 8 heteroatoms. The van der Waals surface area contributed by atoms with Crippen molar-refractivity contribution in [3.63, 3.8) is 0 Å².